The van der Waals surface area contributed by atoms with Crippen molar-refractivity contribution in [3.8, 4) is 0 Å². The molecule has 1 fully saturated rings. The molecule has 2 atom stereocenters. The van der Waals surface area contributed by atoms with Crippen LogP contribution in [0.25, 0.3) is 11.0 Å². The van der Waals surface area contributed by atoms with Crippen LogP contribution in [0.3, 0.4) is 0 Å². The Kier molecular flexibility index (Phi) is 3.16. The van der Waals surface area contributed by atoms with Gasteiger partial charge in [-0.2, -0.15) is 0 Å². The van der Waals surface area contributed by atoms with E-state index in [1.54, 1.807) is 0 Å². The third kappa shape index (κ3) is 2.43. The highest BCUT2D eigenvalue weighted by Gasteiger charge is 2.22. The van der Waals surface area contributed by atoms with Gasteiger partial charge in [-0.1, -0.05) is 0 Å². The van der Waals surface area contributed by atoms with Crippen molar-refractivity contribution in [2.45, 2.75) is 32.6 Å². The second kappa shape index (κ2) is 4.83. The largest absolute Gasteiger partial charge is 0.372 e. The van der Waals surface area contributed by atoms with E-state index in [9.17, 15) is 0 Å². The molecular formula is C14H20N4O. The summed E-state index contributed by atoms with van der Waals surface area (Å²) < 4.78 is 5.77. The molecule has 0 spiro atoms. The van der Waals surface area contributed by atoms with Crippen LogP contribution in [-0.4, -0.2) is 35.3 Å². The lowest BCUT2D eigenvalue weighted by atomic mass is 10.2. The summed E-state index contributed by atoms with van der Waals surface area (Å²) >= 11 is 0. The van der Waals surface area contributed by atoms with E-state index in [1.807, 2.05) is 6.07 Å². The fourth-order valence-corrected chi connectivity index (χ4v) is 2.73. The van der Waals surface area contributed by atoms with E-state index in [0.717, 1.165) is 29.9 Å². The van der Waals surface area contributed by atoms with Crippen molar-refractivity contribution in [1.29, 1.82) is 0 Å². The molecule has 5 heteroatoms. The first kappa shape index (κ1) is 12.4. The smallest absolute Gasteiger partial charge is 0.121 e. The molecule has 0 radical (unpaired) electrons. The number of aromatic nitrogens is 2. The van der Waals surface area contributed by atoms with E-state index in [4.69, 9.17) is 10.5 Å². The number of nitrogens with two attached hydrogens (primary N) is 1. The van der Waals surface area contributed by atoms with Gasteiger partial charge >= 0.3 is 0 Å². The topological polar surface area (TPSA) is 67.2 Å². The number of aromatic amines is 1. The Morgan fingerprint density at radius 2 is 2.11 bits per heavy atom. The Hall–Kier alpha value is -1.59. The van der Waals surface area contributed by atoms with E-state index < -0.39 is 0 Å². The lowest BCUT2D eigenvalue weighted by Gasteiger charge is -2.36. The van der Waals surface area contributed by atoms with Crippen LogP contribution in [0.4, 0.5) is 5.69 Å². The highest BCUT2D eigenvalue weighted by Crippen LogP contribution is 2.24. The van der Waals surface area contributed by atoms with Crippen molar-refractivity contribution in [2.75, 3.05) is 18.0 Å². The maximum absolute atomic E-state index is 5.77. The third-order valence-corrected chi connectivity index (χ3v) is 3.49. The number of hydrogen-bond donors (Lipinski definition) is 2. The van der Waals surface area contributed by atoms with Gasteiger partial charge in [-0.3, -0.25) is 0 Å². The van der Waals surface area contributed by atoms with Gasteiger partial charge in [0.05, 0.1) is 29.8 Å². The molecule has 2 heterocycles. The molecule has 0 saturated carbocycles. The Morgan fingerprint density at radius 1 is 1.37 bits per heavy atom. The predicted octanol–water partition coefficient (Wildman–Crippen LogP) is 1.64. The molecular weight excluding hydrogens is 240 g/mol. The molecule has 3 rings (SSSR count). The lowest BCUT2D eigenvalue weighted by Crippen LogP contribution is -2.45. The molecule has 19 heavy (non-hydrogen) atoms. The van der Waals surface area contributed by atoms with Gasteiger partial charge in [-0.05, 0) is 32.0 Å². The molecule has 1 aromatic carbocycles. The predicted molar refractivity (Wildman–Crippen MR) is 76.2 cm³/mol. The van der Waals surface area contributed by atoms with Crippen LogP contribution in [0, 0.1) is 0 Å². The number of nitrogens with one attached hydrogen (secondary N) is 1. The lowest BCUT2D eigenvalue weighted by molar-refractivity contribution is -0.00521. The van der Waals surface area contributed by atoms with Crippen LogP contribution in [0.2, 0.25) is 0 Å². The Morgan fingerprint density at radius 3 is 2.79 bits per heavy atom. The highest BCUT2D eigenvalue weighted by atomic mass is 16.5. The minimum absolute atomic E-state index is 0.265. The zero-order valence-corrected chi connectivity index (χ0v) is 11.4. The van der Waals surface area contributed by atoms with Gasteiger partial charge in [0.1, 0.15) is 5.82 Å². The molecule has 0 aliphatic carbocycles. The molecule has 2 aromatic rings. The van der Waals surface area contributed by atoms with Crippen molar-refractivity contribution < 1.29 is 4.74 Å². The quantitative estimate of drug-likeness (QED) is 0.861. The second-order valence-corrected chi connectivity index (χ2v) is 5.25. The Balaban J connectivity index is 1.91. The van der Waals surface area contributed by atoms with Gasteiger partial charge in [0, 0.05) is 18.8 Å². The van der Waals surface area contributed by atoms with Crippen molar-refractivity contribution in [3.05, 3.63) is 24.0 Å². The highest BCUT2D eigenvalue weighted by molar-refractivity contribution is 5.79. The molecule has 1 aliphatic heterocycles. The number of imidazole rings is 1. The zero-order chi connectivity index (χ0) is 13.4. The number of benzene rings is 1. The summed E-state index contributed by atoms with van der Waals surface area (Å²) in [6.07, 6.45) is 0.529. The summed E-state index contributed by atoms with van der Waals surface area (Å²) in [6, 6.07) is 6.31. The number of anilines is 1. The molecule has 1 saturated heterocycles. The van der Waals surface area contributed by atoms with E-state index in [2.05, 4.69) is 40.8 Å². The number of ether oxygens (including phenoxy) is 1. The molecule has 1 aliphatic rings. The van der Waals surface area contributed by atoms with Crippen LogP contribution in [0.5, 0.6) is 0 Å². The number of morpholine rings is 1. The standard InChI is InChI=1S/C14H20N4O/c1-9-7-18(8-10(2)19-9)11-3-4-12-13(5-11)17-14(6-15)16-12/h3-5,9-10H,6-8,15H2,1-2H3,(H,16,17). The van der Waals surface area contributed by atoms with E-state index in [0.29, 0.717) is 6.54 Å². The van der Waals surface area contributed by atoms with Crippen molar-refractivity contribution >= 4 is 16.7 Å². The minimum Gasteiger partial charge on any atom is -0.372 e. The van der Waals surface area contributed by atoms with Gasteiger partial charge in [-0.25, -0.2) is 4.98 Å². The van der Waals surface area contributed by atoms with Crippen LogP contribution in [0.1, 0.15) is 19.7 Å². The van der Waals surface area contributed by atoms with E-state index >= 15 is 0 Å². The number of hydrogen-bond acceptors (Lipinski definition) is 4. The zero-order valence-electron chi connectivity index (χ0n) is 11.4. The molecule has 1 aromatic heterocycles. The fourth-order valence-electron chi connectivity index (χ4n) is 2.73. The molecule has 5 nitrogen and oxygen atoms in total. The average molecular weight is 260 g/mol. The first-order chi connectivity index (χ1) is 9.15. The number of rotatable bonds is 2. The van der Waals surface area contributed by atoms with Crippen LogP contribution in [0.15, 0.2) is 18.2 Å². The first-order valence-electron chi connectivity index (χ1n) is 6.75. The molecule has 0 bridgehead atoms. The van der Waals surface area contributed by atoms with Crippen molar-refractivity contribution in [2.24, 2.45) is 5.73 Å². The minimum atomic E-state index is 0.265. The maximum atomic E-state index is 5.77. The van der Waals surface area contributed by atoms with Crippen LogP contribution in [-0.2, 0) is 11.3 Å². The summed E-state index contributed by atoms with van der Waals surface area (Å²) in [5.74, 6) is 0.830. The van der Waals surface area contributed by atoms with Crippen molar-refractivity contribution in [3.63, 3.8) is 0 Å². The van der Waals surface area contributed by atoms with Crippen LogP contribution >= 0.6 is 0 Å². The number of nitrogens with zero attached hydrogens (tertiary/aromatic N) is 2. The molecule has 3 N–H and O–H groups in total. The molecule has 2 unspecified atom stereocenters. The van der Waals surface area contributed by atoms with Crippen molar-refractivity contribution in [1.82, 2.24) is 9.97 Å². The summed E-state index contributed by atoms with van der Waals surface area (Å²) in [5, 5.41) is 0. The Labute approximate surface area is 112 Å². The normalized spacial score (nSPS) is 24.1. The molecule has 102 valence electrons. The van der Waals surface area contributed by atoms with Gasteiger partial charge in [-0.15, -0.1) is 0 Å². The van der Waals surface area contributed by atoms with Gasteiger partial charge in [0.15, 0.2) is 0 Å². The van der Waals surface area contributed by atoms with Crippen LogP contribution < -0.4 is 10.6 Å². The fraction of sp³-hybridized carbons (Fsp3) is 0.500. The second-order valence-electron chi connectivity index (χ2n) is 5.25. The van der Waals surface area contributed by atoms with Gasteiger partial charge in [0.25, 0.3) is 0 Å². The first-order valence-corrected chi connectivity index (χ1v) is 6.75. The monoisotopic (exact) mass is 260 g/mol. The SMILES string of the molecule is CC1CN(c2ccc3nc(CN)[nH]c3c2)CC(C)O1. The summed E-state index contributed by atoms with van der Waals surface area (Å²) in [4.78, 5) is 10.0. The maximum Gasteiger partial charge on any atom is 0.121 e. The van der Waals surface area contributed by atoms with E-state index in [1.165, 1.54) is 5.69 Å². The average Bonchev–Trinajstić information content (AvgIpc) is 2.79. The summed E-state index contributed by atoms with van der Waals surface area (Å²) in [5.41, 5.74) is 8.84. The van der Waals surface area contributed by atoms with E-state index in [-0.39, 0.29) is 12.2 Å². The van der Waals surface area contributed by atoms with Gasteiger partial charge < -0.3 is 20.4 Å². The third-order valence-electron chi connectivity index (χ3n) is 3.49. The summed E-state index contributed by atoms with van der Waals surface area (Å²) in [6.45, 7) is 6.52. The Bertz CT molecular complexity index is 570. The van der Waals surface area contributed by atoms with Gasteiger partial charge in [0.2, 0.25) is 0 Å². The number of fused-ring (bicyclic) bond motifs is 1. The number of H-pyrrole nitrogens is 1. The summed E-state index contributed by atoms with van der Waals surface area (Å²) in [7, 11) is 0. The molecule has 0 amide bonds.